The normalized spacial score (nSPS) is 12.9. The van der Waals surface area contributed by atoms with Crippen LogP contribution in [0.15, 0.2) is 18.2 Å². The molecule has 1 atom stereocenters. The van der Waals surface area contributed by atoms with Crippen molar-refractivity contribution in [1.82, 2.24) is 15.0 Å². The van der Waals surface area contributed by atoms with E-state index < -0.39 is 4.92 Å². The minimum absolute atomic E-state index is 0.0688. The number of hydrogen-bond acceptors (Lipinski definition) is 4. The Labute approximate surface area is 92.0 Å². The second-order valence-corrected chi connectivity index (χ2v) is 3.72. The van der Waals surface area contributed by atoms with Crippen molar-refractivity contribution in [3.8, 4) is 0 Å². The molecule has 0 amide bonds. The summed E-state index contributed by atoms with van der Waals surface area (Å²) in [6.45, 7) is 4.04. The third-order valence-electron chi connectivity index (χ3n) is 2.67. The van der Waals surface area contributed by atoms with Crippen molar-refractivity contribution in [2.45, 2.75) is 26.3 Å². The maximum atomic E-state index is 10.7. The smallest absolute Gasteiger partial charge is 0.258 e. The van der Waals surface area contributed by atoms with Gasteiger partial charge in [0.15, 0.2) is 0 Å². The van der Waals surface area contributed by atoms with Gasteiger partial charge in [0.25, 0.3) is 5.69 Å². The molecule has 0 saturated carbocycles. The van der Waals surface area contributed by atoms with Crippen LogP contribution >= 0.6 is 0 Å². The first-order chi connectivity index (χ1) is 7.63. The molecule has 6 heteroatoms. The third-order valence-corrected chi connectivity index (χ3v) is 2.67. The molecular weight excluding hydrogens is 208 g/mol. The highest BCUT2D eigenvalue weighted by Gasteiger charge is 2.13. The van der Waals surface area contributed by atoms with E-state index >= 15 is 0 Å². The van der Waals surface area contributed by atoms with Gasteiger partial charge in [-0.2, -0.15) is 0 Å². The number of benzene rings is 1. The largest absolute Gasteiger partial charge is 0.271 e. The van der Waals surface area contributed by atoms with Crippen LogP contribution in [0.2, 0.25) is 0 Å². The zero-order valence-electron chi connectivity index (χ0n) is 9.12. The summed E-state index contributed by atoms with van der Waals surface area (Å²) < 4.78 is 1.72. The minimum atomic E-state index is -0.409. The SMILES string of the molecule is CC[C@@H](C)n1nnc2ccc([N+](=O)[O-])cc21. The van der Waals surface area contributed by atoms with Gasteiger partial charge < -0.3 is 0 Å². The van der Waals surface area contributed by atoms with Crippen molar-refractivity contribution < 1.29 is 4.92 Å². The molecule has 0 bridgehead atoms. The van der Waals surface area contributed by atoms with E-state index in [0.717, 1.165) is 6.42 Å². The van der Waals surface area contributed by atoms with Crippen molar-refractivity contribution >= 4 is 16.7 Å². The van der Waals surface area contributed by atoms with Crippen LogP contribution in [0.1, 0.15) is 26.3 Å². The average Bonchev–Trinajstić information content (AvgIpc) is 2.70. The van der Waals surface area contributed by atoms with Gasteiger partial charge in [-0.1, -0.05) is 12.1 Å². The van der Waals surface area contributed by atoms with Crippen LogP contribution in [-0.2, 0) is 0 Å². The van der Waals surface area contributed by atoms with Gasteiger partial charge >= 0.3 is 0 Å². The Balaban J connectivity index is 2.60. The van der Waals surface area contributed by atoms with Crippen molar-refractivity contribution in [1.29, 1.82) is 0 Å². The molecule has 0 spiro atoms. The van der Waals surface area contributed by atoms with E-state index in [1.54, 1.807) is 10.7 Å². The van der Waals surface area contributed by atoms with Crippen LogP contribution in [0.5, 0.6) is 0 Å². The molecule has 0 saturated heterocycles. The minimum Gasteiger partial charge on any atom is -0.258 e. The fourth-order valence-electron chi connectivity index (χ4n) is 1.54. The lowest BCUT2D eigenvalue weighted by atomic mass is 10.2. The van der Waals surface area contributed by atoms with E-state index in [1.165, 1.54) is 12.1 Å². The summed E-state index contributed by atoms with van der Waals surface area (Å²) in [5.74, 6) is 0. The van der Waals surface area contributed by atoms with E-state index in [4.69, 9.17) is 0 Å². The molecule has 1 aromatic heterocycles. The Bertz CT molecular complexity index is 535. The van der Waals surface area contributed by atoms with E-state index in [9.17, 15) is 10.1 Å². The quantitative estimate of drug-likeness (QED) is 0.587. The zero-order valence-corrected chi connectivity index (χ0v) is 9.12. The van der Waals surface area contributed by atoms with Crippen LogP contribution in [-0.4, -0.2) is 19.9 Å². The first-order valence-corrected chi connectivity index (χ1v) is 5.12. The van der Waals surface area contributed by atoms with Gasteiger partial charge in [0, 0.05) is 12.1 Å². The summed E-state index contributed by atoms with van der Waals surface area (Å²) >= 11 is 0. The lowest BCUT2D eigenvalue weighted by molar-refractivity contribution is -0.384. The maximum absolute atomic E-state index is 10.7. The molecule has 2 rings (SSSR count). The van der Waals surface area contributed by atoms with Crippen LogP contribution in [0, 0.1) is 10.1 Å². The predicted molar refractivity (Wildman–Crippen MR) is 59.2 cm³/mol. The second-order valence-electron chi connectivity index (χ2n) is 3.72. The summed E-state index contributed by atoms with van der Waals surface area (Å²) in [5, 5.41) is 18.7. The van der Waals surface area contributed by atoms with E-state index in [2.05, 4.69) is 10.3 Å². The van der Waals surface area contributed by atoms with Crippen molar-refractivity contribution in [3.05, 3.63) is 28.3 Å². The number of rotatable bonds is 3. The number of nitrogens with zero attached hydrogens (tertiary/aromatic N) is 4. The van der Waals surface area contributed by atoms with Crippen LogP contribution in [0.3, 0.4) is 0 Å². The van der Waals surface area contributed by atoms with E-state index in [0.29, 0.717) is 11.0 Å². The lowest BCUT2D eigenvalue weighted by Crippen LogP contribution is -2.05. The van der Waals surface area contributed by atoms with Gasteiger partial charge in [-0.3, -0.25) is 10.1 Å². The van der Waals surface area contributed by atoms with Crippen LogP contribution in [0.4, 0.5) is 5.69 Å². The number of nitro benzene ring substituents is 1. The lowest BCUT2D eigenvalue weighted by Gasteiger charge is -2.08. The van der Waals surface area contributed by atoms with Gasteiger partial charge in [-0.15, -0.1) is 5.10 Å². The monoisotopic (exact) mass is 220 g/mol. The Kier molecular flexibility index (Phi) is 2.55. The van der Waals surface area contributed by atoms with E-state index in [-0.39, 0.29) is 11.7 Å². The number of non-ortho nitro benzene ring substituents is 1. The molecule has 0 unspecified atom stereocenters. The molecule has 84 valence electrons. The molecule has 0 N–H and O–H groups in total. The fourth-order valence-corrected chi connectivity index (χ4v) is 1.54. The molecule has 6 nitrogen and oxygen atoms in total. The molecule has 0 aliphatic heterocycles. The Morgan fingerprint density at radius 1 is 1.56 bits per heavy atom. The van der Waals surface area contributed by atoms with Gasteiger partial charge in [0.05, 0.1) is 16.5 Å². The van der Waals surface area contributed by atoms with Gasteiger partial charge in [-0.05, 0) is 19.4 Å². The Hall–Kier alpha value is -1.98. The van der Waals surface area contributed by atoms with Crippen molar-refractivity contribution in [2.24, 2.45) is 0 Å². The molecule has 2 aromatic rings. The standard InChI is InChI=1S/C10H12N4O2/c1-3-7(2)13-10-6-8(14(15)16)4-5-9(10)11-12-13/h4-7H,3H2,1-2H3/t7-/m1/s1. The maximum Gasteiger partial charge on any atom is 0.271 e. The summed E-state index contributed by atoms with van der Waals surface area (Å²) in [5.41, 5.74) is 1.47. The molecule has 0 aliphatic carbocycles. The highest BCUT2D eigenvalue weighted by Crippen LogP contribution is 2.22. The Morgan fingerprint density at radius 2 is 2.31 bits per heavy atom. The first kappa shape index (κ1) is 10.5. The molecule has 1 heterocycles. The first-order valence-electron chi connectivity index (χ1n) is 5.12. The van der Waals surface area contributed by atoms with Gasteiger partial charge in [0.2, 0.25) is 0 Å². The molecule has 0 fully saturated rings. The molecular formula is C10H12N4O2. The van der Waals surface area contributed by atoms with E-state index in [1.807, 2.05) is 13.8 Å². The number of nitro groups is 1. The molecule has 1 aromatic carbocycles. The summed E-state index contributed by atoms with van der Waals surface area (Å²) in [6.07, 6.45) is 0.904. The summed E-state index contributed by atoms with van der Waals surface area (Å²) in [4.78, 5) is 10.3. The highest BCUT2D eigenvalue weighted by molar-refractivity contribution is 5.77. The van der Waals surface area contributed by atoms with Gasteiger partial charge in [-0.25, -0.2) is 4.68 Å². The number of fused-ring (bicyclic) bond motifs is 1. The number of aromatic nitrogens is 3. The highest BCUT2D eigenvalue weighted by atomic mass is 16.6. The Morgan fingerprint density at radius 3 is 2.94 bits per heavy atom. The number of hydrogen-bond donors (Lipinski definition) is 0. The summed E-state index contributed by atoms with van der Waals surface area (Å²) in [6, 6.07) is 4.77. The zero-order chi connectivity index (χ0) is 11.7. The fraction of sp³-hybridized carbons (Fsp3) is 0.400. The molecule has 0 radical (unpaired) electrons. The third kappa shape index (κ3) is 1.62. The van der Waals surface area contributed by atoms with Crippen molar-refractivity contribution in [2.75, 3.05) is 0 Å². The van der Waals surface area contributed by atoms with Crippen LogP contribution < -0.4 is 0 Å². The molecule has 16 heavy (non-hydrogen) atoms. The predicted octanol–water partition coefficient (Wildman–Crippen LogP) is 2.31. The summed E-state index contributed by atoms with van der Waals surface area (Å²) in [7, 11) is 0. The van der Waals surface area contributed by atoms with Crippen molar-refractivity contribution in [3.63, 3.8) is 0 Å². The van der Waals surface area contributed by atoms with Crippen LogP contribution in [0.25, 0.3) is 11.0 Å². The van der Waals surface area contributed by atoms with Gasteiger partial charge in [0.1, 0.15) is 5.52 Å². The topological polar surface area (TPSA) is 73.8 Å². The second kappa shape index (κ2) is 3.88. The average molecular weight is 220 g/mol. The molecule has 0 aliphatic rings.